The van der Waals surface area contributed by atoms with Crippen molar-refractivity contribution in [1.82, 2.24) is 10.2 Å². The summed E-state index contributed by atoms with van der Waals surface area (Å²) in [5, 5.41) is 11.8. The predicted molar refractivity (Wildman–Crippen MR) is 79.4 cm³/mol. The van der Waals surface area contributed by atoms with Crippen LogP contribution in [0.2, 0.25) is 0 Å². The molecule has 0 aliphatic heterocycles. The van der Waals surface area contributed by atoms with E-state index in [-0.39, 0.29) is 0 Å². The number of anilines is 1. The van der Waals surface area contributed by atoms with Gasteiger partial charge in [0.1, 0.15) is 0 Å². The topological polar surface area (TPSA) is 40.7 Å². The van der Waals surface area contributed by atoms with Crippen molar-refractivity contribution >= 4 is 16.6 Å². The van der Waals surface area contributed by atoms with Crippen LogP contribution in [0, 0.1) is 0 Å². The quantitative estimate of drug-likeness (QED) is 0.741. The van der Waals surface area contributed by atoms with Gasteiger partial charge in [-0.3, -0.25) is 5.10 Å². The fourth-order valence-electron chi connectivity index (χ4n) is 2.28. The molecule has 96 valence electrons. The van der Waals surface area contributed by atoms with Crippen LogP contribution >= 0.6 is 0 Å². The van der Waals surface area contributed by atoms with Gasteiger partial charge in [0.2, 0.25) is 0 Å². The van der Waals surface area contributed by atoms with E-state index in [4.69, 9.17) is 0 Å². The summed E-state index contributed by atoms with van der Waals surface area (Å²) in [5.41, 5.74) is 3.53. The van der Waals surface area contributed by atoms with E-state index in [2.05, 4.69) is 64.9 Å². The molecule has 3 rings (SSSR count). The lowest BCUT2D eigenvalue weighted by atomic mass is 10.0. The van der Waals surface area contributed by atoms with Gasteiger partial charge in [-0.15, -0.1) is 0 Å². The zero-order chi connectivity index (χ0) is 13.1. The molecule has 0 fully saturated rings. The number of hydrogen-bond donors (Lipinski definition) is 2. The second-order valence-corrected chi connectivity index (χ2v) is 4.83. The van der Waals surface area contributed by atoms with E-state index in [1.165, 1.54) is 5.56 Å². The molecule has 0 bridgehead atoms. The molecule has 0 amide bonds. The SMILES string of the molecule is CC(CNc1cccc2cn[nH]c12)c1ccccc1. The van der Waals surface area contributed by atoms with Gasteiger partial charge in [-0.1, -0.05) is 49.4 Å². The molecule has 1 aromatic heterocycles. The van der Waals surface area contributed by atoms with E-state index < -0.39 is 0 Å². The Balaban J connectivity index is 1.74. The van der Waals surface area contributed by atoms with Gasteiger partial charge in [0, 0.05) is 11.9 Å². The third-order valence-electron chi connectivity index (χ3n) is 3.44. The third kappa shape index (κ3) is 2.45. The van der Waals surface area contributed by atoms with Crippen molar-refractivity contribution in [3.8, 4) is 0 Å². The lowest BCUT2D eigenvalue weighted by Crippen LogP contribution is -2.10. The highest BCUT2D eigenvalue weighted by Gasteiger charge is 2.06. The summed E-state index contributed by atoms with van der Waals surface area (Å²) in [6.45, 7) is 3.14. The maximum atomic E-state index is 4.08. The number of benzene rings is 2. The minimum atomic E-state index is 0.472. The van der Waals surface area contributed by atoms with Crippen LogP contribution in [-0.2, 0) is 0 Å². The number of fused-ring (bicyclic) bond motifs is 1. The second kappa shape index (κ2) is 5.14. The highest BCUT2D eigenvalue weighted by atomic mass is 15.1. The molecule has 0 saturated heterocycles. The molecule has 0 radical (unpaired) electrons. The highest BCUT2D eigenvalue weighted by Crippen LogP contribution is 2.22. The molecule has 0 saturated carbocycles. The van der Waals surface area contributed by atoms with E-state index in [0.717, 1.165) is 23.1 Å². The molecule has 3 aromatic rings. The Morgan fingerprint density at radius 3 is 2.79 bits per heavy atom. The minimum absolute atomic E-state index is 0.472. The molecular weight excluding hydrogens is 234 g/mol. The molecule has 0 aliphatic carbocycles. The monoisotopic (exact) mass is 251 g/mol. The van der Waals surface area contributed by atoms with Crippen LogP contribution in [0.5, 0.6) is 0 Å². The Bertz CT molecular complexity index is 658. The highest BCUT2D eigenvalue weighted by molar-refractivity contribution is 5.89. The Morgan fingerprint density at radius 1 is 1.11 bits per heavy atom. The maximum Gasteiger partial charge on any atom is 0.0881 e. The number of hydrogen-bond acceptors (Lipinski definition) is 2. The summed E-state index contributed by atoms with van der Waals surface area (Å²) in [6, 6.07) is 16.8. The van der Waals surface area contributed by atoms with E-state index >= 15 is 0 Å². The second-order valence-electron chi connectivity index (χ2n) is 4.83. The average Bonchev–Trinajstić information content (AvgIpc) is 2.94. The molecular formula is C16H17N3. The summed E-state index contributed by atoms with van der Waals surface area (Å²) in [6.07, 6.45) is 1.85. The van der Waals surface area contributed by atoms with E-state index in [0.29, 0.717) is 5.92 Å². The summed E-state index contributed by atoms with van der Waals surface area (Å²) in [7, 11) is 0. The lowest BCUT2D eigenvalue weighted by molar-refractivity contribution is 0.805. The van der Waals surface area contributed by atoms with Crippen molar-refractivity contribution in [2.75, 3.05) is 11.9 Å². The summed E-state index contributed by atoms with van der Waals surface area (Å²) in [4.78, 5) is 0. The van der Waals surface area contributed by atoms with Crippen molar-refractivity contribution in [2.24, 2.45) is 0 Å². The summed E-state index contributed by atoms with van der Waals surface area (Å²) < 4.78 is 0. The summed E-state index contributed by atoms with van der Waals surface area (Å²) in [5.74, 6) is 0.472. The number of nitrogens with zero attached hydrogens (tertiary/aromatic N) is 1. The standard InChI is InChI=1S/C16H17N3/c1-12(13-6-3-2-4-7-13)10-17-15-9-5-8-14-11-18-19-16(14)15/h2-9,11-12,17H,10H2,1H3,(H,18,19). The Kier molecular flexibility index (Phi) is 3.19. The number of H-pyrrole nitrogens is 1. The van der Waals surface area contributed by atoms with E-state index in [1.54, 1.807) is 0 Å². The first-order chi connectivity index (χ1) is 9.34. The zero-order valence-electron chi connectivity index (χ0n) is 10.9. The van der Waals surface area contributed by atoms with Gasteiger partial charge in [-0.2, -0.15) is 5.10 Å². The van der Waals surface area contributed by atoms with Crippen molar-refractivity contribution in [3.63, 3.8) is 0 Å². The molecule has 1 atom stereocenters. The van der Waals surface area contributed by atoms with E-state index in [9.17, 15) is 0 Å². The molecule has 2 N–H and O–H groups in total. The first-order valence-corrected chi connectivity index (χ1v) is 6.55. The fraction of sp³-hybridized carbons (Fsp3) is 0.188. The van der Waals surface area contributed by atoms with Crippen molar-refractivity contribution in [2.45, 2.75) is 12.8 Å². The molecule has 3 nitrogen and oxygen atoms in total. The largest absolute Gasteiger partial charge is 0.383 e. The number of nitrogens with one attached hydrogen (secondary N) is 2. The molecule has 1 heterocycles. The van der Waals surface area contributed by atoms with Gasteiger partial charge in [-0.05, 0) is 17.5 Å². The number of rotatable bonds is 4. The molecule has 1 unspecified atom stereocenters. The first kappa shape index (κ1) is 11.8. The lowest BCUT2D eigenvalue weighted by Gasteiger charge is -2.14. The van der Waals surface area contributed by atoms with Gasteiger partial charge in [-0.25, -0.2) is 0 Å². The van der Waals surface area contributed by atoms with Gasteiger partial charge in [0.05, 0.1) is 17.4 Å². The maximum absolute atomic E-state index is 4.08. The molecule has 3 heteroatoms. The van der Waals surface area contributed by atoms with Crippen LogP contribution in [0.25, 0.3) is 10.9 Å². The Labute approximate surface area is 112 Å². The van der Waals surface area contributed by atoms with Crippen LogP contribution < -0.4 is 5.32 Å². The average molecular weight is 251 g/mol. The number of aromatic amines is 1. The predicted octanol–water partition coefficient (Wildman–Crippen LogP) is 3.78. The van der Waals surface area contributed by atoms with Gasteiger partial charge in [0.25, 0.3) is 0 Å². The Morgan fingerprint density at radius 2 is 1.95 bits per heavy atom. The summed E-state index contributed by atoms with van der Waals surface area (Å²) >= 11 is 0. The first-order valence-electron chi connectivity index (χ1n) is 6.55. The van der Waals surface area contributed by atoms with Crippen molar-refractivity contribution < 1.29 is 0 Å². The van der Waals surface area contributed by atoms with Gasteiger partial charge >= 0.3 is 0 Å². The van der Waals surface area contributed by atoms with Crippen LogP contribution in [0.1, 0.15) is 18.4 Å². The van der Waals surface area contributed by atoms with Gasteiger partial charge in [0.15, 0.2) is 0 Å². The van der Waals surface area contributed by atoms with Gasteiger partial charge < -0.3 is 5.32 Å². The fourth-order valence-corrected chi connectivity index (χ4v) is 2.28. The Hall–Kier alpha value is -2.29. The molecule has 2 aromatic carbocycles. The van der Waals surface area contributed by atoms with E-state index in [1.807, 2.05) is 12.3 Å². The van der Waals surface area contributed by atoms with Crippen LogP contribution in [0.3, 0.4) is 0 Å². The van der Waals surface area contributed by atoms with Crippen LogP contribution in [-0.4, -0.2) is 16.7 Å². The van der Waals surface area contributed by atoms with Crippen molar-refractivity contribution in [1.29, 1.82) is 0 Å². The van der Waals surface area contributed by atoms with Crippen LogP contribution in [0.4, 0.5) is 5.69 Å². The number of aromatic nitrogens is 2. The molecule has 0 aliphatic rings. The molecule has 0 spiro atoms. The van der Waals surface area contributed by atoms with Crippen LogP contribution in [0.15, 0.2) is 54.7 Å². The normalized spacial score (nSPS) is 12.5. The van der Waals surface area contributed by atoms with Crippen molar-refractivity contribution in [3.05, 3.63) is 60.3 Å². The number of para-hydroxylation sites is 1. The zero-order valence-corrected chi connectivity index (χ0v) is 10.9. The minimum Gasteiger partial charge on any atom is -0.383 e. The smallest absolute Gasteiger partial charge is 0.0881 e. The third-order valence-corrected chi connectivity index (χ3v) is 3.44. The molecule has 19 heavy (non-hydrogen) atoms.